The van der Waals surface area contributed by atoms with Gasteiger partial charge in [-0.3, -0.25) is 4.79 Å². The lowest BCUT2D eigenvalue weighted by Crippen LogP contribution is -2.43. The molecular formula is C10H21NO3. The first-order valence-electron chi connectivity index (χ1n) is 5.04. The topological polar surface area (TPSA) is 69.6 Å². The minimum Gasteiger partial charge on any atom is -0.396 e. The Labute approximate surface area is 85.3 Å². The van der Waals surface area contributed by atoms with E-state index < -0.39 is 0 Å². The number of aliphatic hydroxyl groups is 2. The monoisotopic (exact) mass is 203 g/mol. The highest BCUT2D eigenvalue weighted by atomic mass is 16.3. The average molecular weight is 203 g/mol. The number of aliphatic hydroxyl groups excluding tert-OH is 2. The normalized spacial score (nSPS) is 11.4. The molecule has 0 aromatic rings. The first-order valence-corrected chi connectivity index (χ1v) is 5.04. The van der Waals surface area contributed by atoms with Crippen LogP contribution in [-0.4, -0.2) is 34.9 Å². The van der Waals surface area contributed by atoms with E-state index in [0.29, 0.717) is 25.7 Å². The van der Waals surface area contributed by atoms with Crippen LogP contribution in [0.4, 0.5) is 0 Å². The predicted molar refractivity (Wildman–Crippen MR) is 54.9 cm³/mol. The van der Waals surface area contributed by atoms with E-state index in [9.17, 15) is 4.79 Å². The summed E-state index contributed by atoms with van der Waals surface area (Å²) in [6, 6.07) is 0. The number of carbonyl (C=O) groups excluding carboxylic acids is 1. The number of carbonyl (C=O) groups is 1. The molecule has 0 aliphatic carbocycles. The number of hydrogen-bond donors (Lipinski definition) is 3. The van der Waals surface area contributed by atoms with E-state index in [4.69, 9.17) is 10.2 Å². The van der Waals surface area contributed by atoms with Crippen LogP contribution in [0.1, 0.15) is 39.5 Å². The fraction of sp³-hybridized carbons (Fsp3) is 0.900. The van der Waals surface area contributed by atoms with Gasteiger partial charge in [0, 0.05) is 25.2 Å². The van der Waals surface area contributed by atoms with E-state index >= 15 is 0 Å². The Hall–Kier alpha value is -0.610. The predicted octanol–water partition coefficient (Wildman–Crippen LogP) is 0.426. The van der Waals surface area contributed by atoms with Crippen LogP contribution in [0.25, 0.3) is 0 Å². The number of nitrogens with one attached hydrogen (secondary N) is 1. The number of hydrogen-bond acceptors (Lipinski definition) is 3. The molecule has 0 aromatic carbocycles. The fourth-order valence-corrected chi connectivity index (χ4v) is 1.18. The molecule has 3 N–H and O–H groups in total. The zero-order chi connectivity index (χ0) is 11.0. The smallest absolute Gasteiger partial charge is 0.220 e. The Balaban J connectivity index is 3.69. The third kappa shape index (κ3) is 6.86. The van der Waals surface area contributed by atoms with Crippen molar-refractivity contribution in [3.8, 4) is 0 Å². The van der Waals surface area contributed by atoms with Crippen LogP contribution in [0.2, 0.25) is 0 Å². The molecule has 0 radical (unpaired) electrons. The SMILES string of the molecule is CC(C)(CCO)NC(=O)CCCCO. The largest absolute Gasteiger partial charge is 0.396 e. The molecule has 0 unspecified atom stereocenters. The highest BCUT2D eigenvalue weighted by molar-refractivity contribution is 5.76. The first kappa shape index (κ1) is 13.4. The van der Waals surface area contributed by atoms with Gasteiger partial charge in [-0.15, -0.1) is 0 Å². The summed E-state index contributed by atoms with van der Waals surface area (Å²) in [5.41, 5.74) is -0.342. The summed E-state index contributed by atoms with van der Waals surface area (Å²) in [7, 11) is 0. The van der Waals surface area contributed by atoms with Crippen molar-refractivity contribution in [3.05, 3.63) is 0 Å². The van der Waals surface area contributed by atoms with Crippen molar-refractivity contribution in [2.45, 2.75) is 45.1 Å². The summed E-state index contributed by atoms with van der Waals surface area (Å²) < 4.78 is 0. The van der Waals surface area contributed by atoms with Crippen molar-refractivity contribution in [2.75, 3.05) is 13.2 Å². The van der Waals surface area contributed by atoms with Crippen molar-refractivity contribution in [3.63, 3.8) is 0 Å². The van der Waals surface area contributed by atoms with Gasteiger partial charge < -0.3 is 15.5 Å². The summed E-state index contributed by atoms with van der Waals surface area (Å²) in [5.74, 6) is -0.0168. The molecule has 0 aliphatic rings. The molecule has 0 saturated heterocycles. The van der Waals surface area contributed by atoms with Crippen LogP contribution in [-0.2, 0) is 4.79 Å². The third-order valence-electron chi connectivity index (χ3n) is 2.03. The van der Waals surface area contributed by atoms with Crippen LogP contribution in [0.3, 0.4) is 0 Å². The van der Waals surface area contributed by atoms with Crippen LogP contribution < -0.4 is 5.32 Å². The van der Waals surface area contributed by atoms with E-state index in [1.54, 1.807) is 0 Å². The van der Waals surface area contributed by atoms with Crippen LogP contribution in [0.5, 0.6) is 0 Å². The van der Waals surface area contributed by atoms with Gasteiger partial charge in [-0.2, -0.15) is 0 Å². The lowest BCUT2D eigenvalue weighted by atomic mass is 10.0. The molecule has 84 valence electrons. The number of unbranched alkanes of at least 4 members (excludes halogenated alkanes) is 1. The molecular weight excluding hydrogens is 182 g/mol. The van der Waals surface area contributed by atoms with Gasteiger partial charge in [0.15, 0.2) is 0 Å². The maximum Gasteiger partial charge on any atom is 0.220 e. The van der Waals surface area contributed by atoms with Gasteiger partial charge in [0.05, 0.1) is 0 Å². The Morgan fingerprint density at radius 3 is 2.36 bits per heavy atom. The second kappa shape index (κ2) is 6.79. The summed E-state index contributed by atoms with van der Waals surface area (Å²) in [4.78, 5) is 11.3. The standard InChI is InChI=1S/C10H21NO3/c1-10(2,6-8-13)11-9(14)5-3-4-7-12/h12-13H,3-8H2,1-2H3,(H,11,14). The maximum atomic E-state index is 11.3. The van der Waals surface area contributed by atoms with E-state index in [-0.39, 0.29) is 24.7 Å². The van der Waals surface area contributed by atoms with Crippen molar-refractivity contribution in [1.82, 2.24) is 5.32 Å². The van der Waals surface area contributed by atoms with Gasteiger partial charge in [0.1, 0.15) is 0 Å². The zero-order valence-corrected chi connectivity index (χ0v) is 9.05. The van der Waals surface area contributed by atoms with Crippen molar-refractivity contribution >= 4 is 5.91 Å². The van der Waals surface area contributed by atoms with E-state index in [1.807, 2.05) is 13.8 Å². The molecule has 0 aliphatic heterocycles. The first-order chi connectivity index (χ1) is 6.52. The molecule has 4 heteroatoms. The minimum absolute atomic E-state index is 0.0168. The lowest BCUT2D eigenvalue weighted by Gasteiger charge is -2.25. The number of amides is 1. The van der Waals surface area contributed by atoms with Gasteiger partial charge in [0.2, 0.25) is 5.91 Å². The Kier molecular flexibility index (Phi) is 6.49. The third-order valence-corrected chi connectivity index (χ3v) is 2.03. The molecule has 0 rings (SSSR count). The zero-order valence-electron chi connectivity index (χ0n) is 9.05. The van der Waals surface area contributed by atoms with E-state index in [0.717, 1.165) is 0 Å². The highest BCUT2D eigenvalue weighted by Gasteiger charge is 2.18. The molecule has 0 aromatic heterocycles. The van der Waals surface area contributed by atoms with Crippen LogP contribution >= 0.6 is 0 Å². The lowest BCUT2D eigenvalue weighted by molar-refractivity contribution is -0.122. The molecule has 1 amide bonds. The average Bonchev–Trinajstić information content (AvgIpc) is 2.03. The van der Waals surface area contributed by atoms with Crippen molar-refractivity contribution in [1.29, 1.82) is 0 Å². The molecule has 4 nitrogen and oxygen atoms in total. The van der Waals surface area contributed by atoms with Crippen LogP contribution in [0.15, 0.2) is 0 Å². The second-order valence-electron chi connectivity index (χ2n) is 4.09. The van der Waals surface area contributed by atoms with Gasteiger partial charge in [0.25, 0.3) is 0 Å². The minimum atomic E-state index is -0.342. The Morgan fingerprint density at radius 2 is 1.86 bits per heavy atom. The van der Waals surface area contributed by atoms with Gasteiger partial charge in [-0.1, -0.05) is 0 Å². The van der Waals surface area contributed by atoms with Gasteiger partial charge in [-0.05, 0) is 33.1 Å². The molecule has 14 heavy (non-hydrogen) atoms. The van der Waals surface area contributed by atoms with Gasteiger partial charge >= 0.3 is 0 Å². The molecule has 0 bridgehead atoms. The quantitative estimate of drug-likeness (QED) is 0.525. The highest BCUT2D eigenvalue weighted by Crippen LogP contribution is 2.08. The molecule has 0 atom stereocenters. The molecule has 0 fully saturated rings. The summed E-state index contributed by atoms with van der Waals surface area (Å²) in [6.45, 7) is 3.97. The van der Waals surface area contributed by atoms with Crippen molar-refractivity contribution in [2.24, 2.45) is 0 Å². The summed E-state index contributed by atoms with van der Waals surface area (Å²) in [5, 5.41) is 20.1. The summed E-state index contributed by atoms with van der Waals surface area (Å²) in [6.07, 6.45) is 2.36. The Bertz CT molecular complexity index is 169. The summed E-state index contributed by atoms with van der Waals surface area (Å²) >= 11 is 0. The maximum absolute atomic E-state index is 11.3. The second-order valence-corrected chi connectivity index (χ2v) is 4.09. The van der Waals surface area contributed by atoms with Gasteiger partial charge in [-0.25, -0.2) is 0 Å². The van der Waals surface area contributed by atoms with E-state index in [2.05, 4.69) is 5.32 Å². The fourth-order valence-electron chi connectivity index (χ4n) is 1.18. The molecule has 0 saturated carbocycles. The van der Waals surface area contributed by atoms with Crippen molar-refractivity contribution < 1.29 is 15.0 Å². The molecule has 0 spiro atoms. The van der Waals surface area contributed by atoms with Crippen LogP contribution in [0, 0.1) is 0 Å². The Morgan fingerprint density at radius 1 is 1.21 bits per heavy atom. The van der Waals surface area contributed by atoms with E-state index in [1.165, 1.54) is 0 Å². The number of rotatable bonds is 7. The molecule has 0 heterocycles.